The van der Waals surface area contributed by atoms with E-state index < -0.39 is 0 Å². The van der Waals surface area contributed by atoms with Gasteiger partial charge in [0.2, 0.25) is 5.91 Å². The fourth-order valence-electron chi connectivity index (χ4n) is 2.93. The summed E-state index contributed by atoms with van der Waals surface area (Å²) in [5.41, 5.74) is 1.82. The van der Waals surface area contributed by atoms with Crippen LogP contribution in [0.2, 0.25) is 0 Å². The van der Waals surface area contributed by atoms with Crippen molar-refractivity contribution in [1.29, 1.82) is 0 Å². The molecule has 9 heteroatoms. The van der Waals surface area contributed by atoms with E-state index in [0.717, 1.165) is 35.1 Å². The molecule has 1 fully saturated rings. The summed E-state index contributed by atoms with van der Waals surface area (Å²) in [6.07, 6.45) is 0. The molecule has 1 aliphatic rings. The van der Waals surface area contributed by atoms with Crippen molar-refractivity contribution in [2.45, 2.75) is 13.8 Å². The van der Waals surface area contributed by atoms with Gasteiger partial charge in [-0.25, -0.2) is 9.97 Å². The first-order valence-electron chi connectivity index (χ1n) is 9.62. The van der Waals surface area contributed by atoms with Gasteiger partial charge >= 0.3 is 0 Å². The monoisotopic (exact) mass is 414 g/mol. The number of aromatic nitrogens is 2. The van der Waals surface area contributed by atoms with Crippen molar-refractivity contribution in [2.75, 3.05) is 49.1 Å². The second-order valence-corrected chi connectivity index (χ2v) is 7.72. The predicted molar refractivity (Wildman–Crippen MR) is 117 cm³/mol. The molecule has 3 N–H and O–H groups in total. The highest BCUT2D eigenvalue weighted by Crippen LogP contribution is 2.25. The highest BCUT2D eigenvalue weighted by atomic mass is 32.2. The molecular formula is C20H26N6O2S. The summed E-state index contributed by atoms with van der Waals surface area (Å²) in [5.74, 6) is 2.87. The third kappa shape index (κ3) is 5.83. The largest absolute Gasteiger partial charge is 0.368 e. The molecular weight excluding hydrogens is 388 g/mol. The zero-order valence-electron chi connectivity index (χ0n) is 16.7. The average Bonchev–Trinajstić information content (AvgIpc) is 3.12. The summed E-state index contributed by atoms with van der Waals surface area (Å²) in [6, 6.07) is 9.79. The number of carbonyl (C=O) groups is 2. The van der Waals surface area contributed by atoms with Gasteiger partial charge in [0.15, 0.2) is 5.82 Å². The third-order valence-electron chi connectivity index (χ3n) is 4.49. The van der Waals surface area contributed by atoms with Crippen molar-refractivity contribution < 1.29 is 9.59 Å². The Morgan fingerprint density at radius 3 is 2.41 bits per heavy atom. The molecule has 1 aliphatic heterocycles. The Bertz CT molecular complexity index is 862. The van der Waals surface area contributed by atoms with Gasteiger partial charge in [0.05, 0.1) is 0 Å². The minimum atomic E-state index is -0.0619. The van der Waals surface area contributed by atoms with Gasteiger partial charge in [-0.15, -0.1) is 0 Å². The summed E-state index contributed by atoms with van der Waals surface area (Å²) < 4.78 is 0. The minimum absolute atomic E-state index is 0.0619. The normalized spacial score (nSPS) is 13.4. The lowest BCUT2D eigenvalue weighted by Gasteiger charge is -2.18. The summed E-state index contributed by atoms with van der Waals surface area (Å²) in [4.78, 5) is 34.1. The number of hydrogen-bond acceptors (Lipinski definition) is 7. The lowest BCUT2D eigenvalue weighted by molar-refractivity contribution is -0.118. The van der Waals surface area contributed by atoms with Gasteiger partial charge in [-0.1, -0.05) is 42.1 Å². The van der Waals surface area contributed by atoms with E-state index in [1.54, 1.807) is 0 Å². The number of benzene rings is 1. The smallest absolute Gasteiger partial charge is 0.281 e. The van der Waals surface area contributed by atoms with Crippen molar-refractivity contribution in [2.24, 2.45) is 0 Å². The topological polar surface area (TPSA) is 99.2 Å². The van der Waals surface area contributed by atoms with E-state index in [0.29, 0.717) is 32.0 Å². The van der Waals surface area contributed by atoms with Crippen LogP contribution in [0.1, 0.15) is 12.5 Å². The summed E-state index contributed by atoms with van der Waals surface area (Å²) >= 11 is 1.36. The fraction of sp³-hybridized carbons (Fsp3) is 0.400. The van der Waals surface area contributed by atoms with Crippen molar-refractivity contribution in [3.63, 3.8) is 0 Å². The quantitative estimate of drug-likeness (QED) is 0.542. The number of hydrogen-bond donors (Lipinski definition) is 3. The van der Waals surface area contributed by atoms with E-state index >= 15 is 0 Å². The first-order valence-corrected chi connectivity index (χ1v) is 10.6. The molecule has 0 spiro atoms. The van der Waals surface area contributed by atoms with Gasteiger partial charge in [0.25, 0.3) is 5.24 Å². The number of amides is 2. The van der Waals surface area contributed by atoms with Crippen molar-refractivity contribution in [3.05, 3.63) is 35.9 Å². The minimum Gasteiger partial charge on any atom is -0.368 e. The molecule has 154 valence electrons. The number of nitrogens with zero attached hydrogens (tertiary/aromatic N) is 3. The molecule has 1 saturated heterocycles. The van der Waals surface area contributed by atoms with Crippen LogP contribution in [-0.2, 0) is 4.79 Å². The molecule has 1 aromatic heterocycles. The van der Waals surface area contributed by atoms with Crippen LogP contribution in [0.15, 0.2) is 30.3 Å². The second-order valence-electron chi connectivity index (χ2n) is 6.67. The Morgan fingerprint density at radius 1 is 1.10 bits per heavy atom. The van der Waals surface area contributed by atoms with Crippen molar-refractivity contribution in [3.8, 4) is 11.4 Å². The number of thioether (sulfide) groups is 1. The molecule has 29 heavy (non-hydrogen) atoms. The average molecular weight is 415 g/mol. The van der Waals surface area contributed by atoms with Gasteiger partial charge in [0.1, 0.15) is 11.6 Å². The number of anilines is 2. The molecule has 2 aromatic rings. The van der Waals surface area contributed by atoms with Crippen LogP contribution in [0, 0.1) is 6.92 Å². The Kier molecular flexibility index (Phi) is 7.29. The van der Waals surface area contributed by atoms with Crippen LogP contribution in [0.5, 0.6) is 0 Å². The van der Waals surface area contributed by atoms with Gasteiger partial charge < -0.3 is 20.9 Å². The van der Waals surface area contributed by atoms with Crippen LogP contribution in [0.25, 0.3) is 11.4 Å². The Balaban J connectivity index is 1.74. The van der Waals surface area contributed by atoms with Crippen molar-refractivity contribution >= 4 is 34.5 Å². The molecule has 0 radical (unpaired) electrons. The fourth-order valence-corrected chi connectivity index (χ4v) is 3.79. The SMILES string of the molecule is CC(=O)NCCNc1nc(-c2ccccc2)nc(NCCN2CCSC2=O)c1C. The standard InChI is InChI=1S/C20H26N6O2S/c1-14-17(22-9-8-21-15(2)27)24-19(16-6-4-3-5-7-16)25-18(14)23-10-11-26-12-13-29-20(26)28/h3-7H,8-13H2,1-2H3,(H,21,27)(H2,22,23,24,25). The Hall–Kier alpha value is -2.81. The molecule has 0 saturated carbocycles. The van der Waals surface area contributed by atoms with Crippen LogP contribution >= 0.6 is 11.8 Å². The molecule has 0 unspecified atom stereocenters. The summed E-state index contributed by atoms with van der Waals surface area (Å²) in [7, 11) is 0. The first-order chi connectivity index (χ1) is 14.0. The van der Waals surface area contributed by atoms with Crippen molar-refractivity contribution in [1.82, 2.24) is 20.2 Å². The van der Waals surface area contributed by atoms with E-state index in [9.17, 15) is 9.59 Å². The van der Waals surface area contributed by atoms with Gasteiger partial charge in [-0.3, -0.25) is 9.59 Å². The van der Waals surface area contributed by atoms with E-state index in [-0.39, 0.29) is 11.1 Å². The van der Waals surface area contributed by atoms with Crippen LogP contribution < -0.4 is 16.0 Å². The van der Waals surface area contributed by atoms with Crippen LogP contribution in [0.4, 0.5) is 16.4 Å². The highest BCUT2D eigenvalue weighted by Gasteiger charge is 2.20. The molecule has 0 atom stereocenters. The number of carbonyl (C=O) groups excluding carboxylic acids is 2. The van der Waals surface area contributed by atoms with Gasteiger partial charge in [-0.2, -0.15) is 0 Å². The van der Waals surface area contributed by atoms with E-state index in [4.69, 9.17) is 4.98 Å². The number of rotatable bonds is 9. The van der Waals surface area contributed by atoms with E-state index in [1.807, 2.05) is 42.2 Å². The molecule has 8 nitrogen and oxygen atoms in total. The number of nitrogens with one attached hydrogen (secondary N) is 3. The second kappa shape index (κ2) is 10.1. The third-order valence-corrected chi connectivity index (χ3v) is 5.38. The lowest BCUT2D eigenvalue weighted by atomic mass is 10.2. The Morgan fingerprint density at radius 2 is 1.79 bits per heavy atom. The van der Waals surface area contributed by atoms with Crippen LogP contribution in [0.3, 0.4) is 0 Å². The molecule has 3 rings (SSSR count). The maximum absolute atomic E-state index is 11.8. The molecule has 1 aromatic carbocycles. The Labute approximate surface area is 174 Å². The lowest BCUT2D eigenvalue weighted by Crippen LogP contribution is -2.29. The highest BCUT2D eigenvalue weighted by molar-refractivity contribution is 8.13. The molecule has 2 amide bonds. The van der Waals surface area contributed by atoms with Gasteiger partial charge in [0, 0.05) is 56.5 Å². The summed E-state index contributed by atoms with van der Waals surface area (Å²) in [6.45, 7) is 6.56. The molecule has 0 bridgehead atoms. The van der Waals surface area contributed by atoms with E-state index in [2.05, 4.69) is 20.9 Å². The van der Waals surface area contributed by atoms with Gasteiger partial charge in [-0.05, 0) is 6.92 Å². The summed E-state index contributed by atoms with van der Waals surface area (Å²) in [5, 5.41) is 9.54. The maximum atomic E-state index is 11.8. The van der Waals surface area contributed by atoms with Crippen LogP contribution in [-0.4, -0.2) is 64.5 Å². The zero-order chi connectivity index (χ0) is 20.6. The predicted octanol–water partition coefficient (Wildman–Crippen LogP) is 2.58. The first kappa shape index (κ1) is 20.9. The van der Waals surface area contributed by atoms with E-state index in [1.165, 1.54) is 18.7 Å². The zero-order valence-corrected chi connectivity index (χ0v) is 17.5. The maximum Gasteiger partial charge on any atom is 0.281 e. The molecule has 2 heterocycles. The molecule has 0 aliphatic carbocycles.